The van der Waals surface area contributed by atoms with Crippen molar-refractivity contribution < 1.29 is 23.5 Å². The van der Waals surface area contributed by atoms with E-state index in [2.05, 4.69) is 9.05 Å². The molecular formula is C6H9Cl6O5P. The van der Waals surface area contributed by atoms with Crippen LogP contribution in [0.15, 0.2) is 0 Å². The molecule has 0 saturated carbocycles. The lowest BCUT2D eigenvalue weighted by atomic mass is 10.7. The van der Waals surface area contributed by atoms with E-state index >= 15 is 0 Å². The predicted octanol–water partition coefficient (Wildman–Crippen LogP) is 3.87. The SMILES string of the molecule is COP(=O)(OC)[C@@H](O[C@@H](O)C(Cl)(Cl)Cl)C(Cl)(Cl)Cl. The summed E-state index contributed by atoms with van der Waals surface area (Å²) < 4.78 is 21.6. The predicted molar refractivity (Wildman–Crippen MR) is 73.1 cm³/mol. The normalized spacial score (nSPS) is 17.6. The van der Waals surface area contributed by atoms with Crippen LogP contribution in [0.2, 0.25) is 0 Å². The van der Waals surface area contributed by atoms with Crippen LogP contribution in [0.5, 0.6) is 0 Å². The van der Waals surface area contributed by atoms with Crippen molar-refractivity contribution in [2.45, 2.75) is 19.7 Å². The monoisotopic (exact) mass is 402 g/mol. The Labute approximate surface area is 134 Å². The van der Waals surface area contributed by atoms with E-state index in [0.717, 1.165) is 14.2 Å². The molecular weight excluding hydrogens is 396 g/mol. The third-order valence-corrected chi connectivity index (χ3v) is 5.33. The third kappa shape index (κ3) is 5.66. The molecule has 0 spiro atoms. The van der Waals surface area contributed by atoms with Crippen molar-refractivity contribution >= 4 is 77.2 Å². The topological polar surface area (TPSA) is 65.0 Å². The second-order valence-corrected chi connectivity index (χ2v) is 9.85. The van der Waals surface area contributed by atoms with Crippen molar-refractivity contribution in [3.05, 3.63) is 0 Å². The molecule has 0 amide bonds. The van der Waals surface area contributed by atoms with E-state index < -0.39 is 27.3 Å². The van der Waals surface area contributed by atoms with E-state index in [0.29, 0.717) is 0 Å². The van der Waals surface area contributed by atoms with E-state index in [9.17, 15) is 9.67 Å². The summed E-state index contributed by atoms with van der Waals surface area (Å²) >= 11 is 32.8. The molecule has 0 unspecified atom stereocenters. The summed E-state index contributed by atoms with van der Waals surface area (Å²) in [5, 5.41) is 9.45. The highest BCUT2D eigenvalue weighted by atomic mass is 35.6. The fourth-order valence-corrected chi connectivity index (χ4v) is 3.34. The third-order valence-electron chi connectivity index (χ3n) is 1.61. The van der Waals surface area contributed by atoms with Crippen molar-refractivity contribution in [3.8, 4) is 0 Å². The highest BCUT2D eigenvalue weighted by Gasteiger charge is 2.52. The van der Waals surface area contributed by atoms with E-state index in [1.165, 1.54) is 0 Å². The number of hydrogen-bond donors (Lipinski definition) is 1. The van der Waals surface area contributed by atoms with E-state index in [4.69, 9.17) is 74.3 Å². The molecule has 0 aromatic rings. The van der Waals surface area contributed by atoms with Gasteiger partial charge in [0.25, 0.3) is 0 Å². The molecule has 0 aromatic carbocycles. The smallest absolute Gasteiger partial charge is 0.363 e. The Morgan fingerprint density at radius 2 is 1.39 bits per heavy atom. The molecule has 18 heavy (non-hydrogen) atoms. The Kier molecular flexibility index (Phi) is 7.91. The zero-order valence-electron chi connectivity index (χ0n) is 8.95. The average Bonchev–Trinajstić information content (AvgIpc) is 2.21. The maximum Gasteiger partial charge on any atom is 0.363 e. The minimum Gasteiger partial charge on any atom is -0.365 e. The van der Waals surface area contributed by atoms with Gasteiger partial charge in [-0.3, -0.25) is 4.57 Å². The molecule has 5 nitrogen and oxygen atoms in total. The van der Waals surface area contributed by atoms with Gasteiger partial charge in [-0.1, -0.05) is 69.6 Å². The molecule has 0 aliphatic carbocycles. The molecule has 0 aromatic heterocycles. The van der Waals surface area contributed by atoms with Crippen LogP contribution in [0.4, 0.5) is 0 Å². The molecule has 0 bridgehead atoms. The molecule has 0 radical (unpaired) electrons. The fraction of sp³-hybridized carbons (Fsp3) is 1.00. The second-order valence-electron chi connectivity index (χ2n) is 2.83. The summed E-state index contributed by atoms with van der Waals surface area (Å²) in [5.74, 6) is -1.80. The van der Waals surface area contributed by atoms with Crippen LogP contribution < -0.4 is 0 Å². The number of alkyl halides is 6. The summed E-state index contributed by atoms with van der Waals surface area (Å²) in [6.45, 7) is 0. The van der Waals surface area contributed by atoms with E-state index in [-0.39, 0.29) is 0 Å². The first-order chi connectivity index (χ1) is 7.88. The zero-order valence-corrected chi connectivity index (χ0v) is 14.4. The first kappa shape index (κ1) is 19.8. The highest BCUT2D eigenvalue weighted by Crippen LogP contribution is 2.60. The van der Waals surface area contributed by atoms with Gasteiger partial charge in [0.15, 0.2) is 0 Å². The van der Waals surface area contributed by atoms with Crippen molar-refractivity contribution in [2.24, 2.45) is 0 Å². The molecule has 1 N–H and O–H groups in total. The lowest BCUT2D eigenvalue weighted by Crippen LogP contribution is -2.39. The van der Waals surface area contributed by atoms with Crippen LogP contribution in [-0.4, -0.2) is 39.0 Å². The molecule has 0 heterocycles. The first-order valence-corrected chi connectivity index (χ1v) is 7.94. The van der Waals surface area contributed by atoms with Crippen LogP contribution in [0.1, 0.15) is 0 Å². The Balaban J connectivity index is 5.24. The van der Waals surface area contributed by atoms with Gasteiger partial charge in [0.05, 0.1) is 0 Å². The molecule has 12 heteroatoms. The average molecular weight is 405 g/mol. The summed E-state index contributed by atoms with van der Waals surface area (Å²) in [4.78, 5) is 0. The second kappa shape index (κ2) is 7.19. The van der Waals surface area contributed by atoms with Gasteiger partial charge in [0.1, 0.15) is 0 Å². The van der Waals surface area contributed by atoms with E-state index in [1.54, 1.807) is 0 Å². The van der Waals surface area contributed by atoms with Crippen LogP contribution in [0.3, 0.4) is 0 Å². The summed E-state index contributed by atoms with van der Waals surface area (Å²) in [7, 11) is -1.91. The van der Waals surface area contributed by atoms with Gasteiger partial charge in [-0.2, -0.15) is 0 Å². The van der Waals surface area contributed by atoms with Gasteiger partial charge < -0.3 is 18.9 Å². The minimum absolute atomic E-state index is 1.04. The molecule has 0 saturated heterocycles. The lowest BCUT2D eigenvalue weighted by molar-refractivity contribution is -0.114. The Morgan fingerprint density at radius 3 is 1.61 bits per heavy atom. The molecule has 0 aliphatic heterocycles. The number of aliphatic hydroxyl groups excluding tert-OH is 1. The van der Waals surface area contributed by atoms with Gasteiger partial charge in [0, 0.05) is 14.2 Å². The maximum absolute atomic E-state index is 12.1. The van der Waals surface area contributed by atoms with Gasteiger partial charge in [-0.15, -0.1) is 0 Å². The maximum atomic E-state index is 12.1. The number of hydrogen-bond acceptors (Lipinski definition) is 5. The van der Waals surface area contributed by atoms with Gasteiger partial charge >= 0.3 is 7.60 Å². The van der Waals surface area contributed by atoms with Crippen LogP contribution in [0.25, 0.3) is 0 Å². The Bertz CT molecular complexity index is 307. The van der Waals surface area contributed by atoms with Crippen LogP contribution >= 0.6 is 77.2 Å². The van der Waals surface area contributed by atoms with Crippen molar-refractivity contribution in [2.75, 3.05) is 14.2 Å². The number of halogens is 6. The minimum atomic E-state index is -3.99. The fourth-order valence-electron chi connectivity index (χ4n) is 0.796. The van der Waals surface area contributed by atoms with Gasteiger partial charge in [-0.05, 0) is 0 Å². The van der Waals surface area contributed by atoms with Crippen LogP contribution in [-0.2, 0) is 18.3 Å². The number of aliphatic hydroxyl groups is 1. The largest absolute Gasteiger partial charge is 0.365 e. The summed E-state index contributed by atoms with van der Waals surface area (Å²) in [6.07, 6.45) is -2.01. The Hall–Kier alpha value is 1.81. The standard InChI is InChI=1S/C6H9Cl6O5P/c1-15-18(14,16-2)4(6(10,11)12)17-3(13)5(7,8)9/h3-4,13H,1-2H3/t3-,4-/m1/s1. The van der Waals surface area contributed by atoms with Crippen molar-refractivity contribution in [3.63, 3.8) is 0 Å². The Morgan fingerprint density at radius 1 is 1.00 bits per heavy atom. The molecule has 110 valence electrons. The lowest BCUT2D eigenvalue weighted by Gasteiger charge is -2.32. The summed E-state index contributed by atoms with van der Waals surface area (Å²) in [6, 6.07) is 0. The molecule has 2 atom stereocenters. The number of rotatable bonds is 5. The van der Waals surface area contributed by atoms with Gasteiger partial charge in [0.2, 0.25) is 19.7 Å². The van der Waals surface area contributed by atoms with Crippen molar-refractivity contribution in [1.82, 2.24) is 0 Å². The molecule has 0 rings (SSSR count). The number of ether oxygens (including phenoxy) is 1. The van der Waals surface area contributed by atoms with E-state index in [1.807, 2.05) is 0 Å². The first-order valence-electron chi connectivity index (χ1n) is 4.06. The van der Waals surface area contributed by atoms with Crippen molar-refractivity contribution in [1.29, 1.82) is 0 Å². The quantitative estimate of drug-likeness (QED) is 0.428. The summed E-state index contributed by atoms with van der Waals surface area (Å²) in [5.41, 5.74) is 0. The van der Waals surface area contributed by atoms with Crippen LogP contribution in [0, 0.1) is 0 Å². The zero-order chi connectivity index (χ0) is 14.8. The van der Waals surface area contributed by atoms with Gasteiger partial charge in [-0.25, -0.2) is 0 Å². The molecule has 0 fully saturated rings. The molecule has 0 aliphatic rings. The highest BCUT2D eigenvalue weighted by molar-refractivity contribution is 7.55.